The van der Waals surface area contributed by atoms with Crippen LogP contribution in [0.3, 0.4) is 0 Å². The van der Waals surface area contributed by atoms with Gasteiger partial charge in [-0.1, -0.05) is 25.1 Å². The van der Waals surface area contributed by atoms with Gasteiger partial charge < -0.3 is 25.5 Å². The predicted octanol–water partition coefficient (Wildman–Crippen LogP) is 0.552. The summed E-state index contributed by atoms with van der Waals surface area (Å²) in [6.45, 7) is 5.56. The number of nitrogens with one attached hydrogen (secondary N) is 2. The standard InChI is InChI=1S/C18H25BFN3O5/c1-10(2)6-16(19(26)27)22-18(25)15-8-13(23-28-15)9-21-17(24)14-7-12(20)5-4-11(14)3/h4-5,7,10,15-16,26-27H,6,8-9H2,1-3H3,(H,21,24)(H,22,25). The Hall–Kier alpha value is -2.46. The molecule has 2 atom stereocenters. The Kier molecular flexibility index (Phi) is 7.53. The van der Waals surface area contributed by atoms with Gasteiger partial charge in [0.05, 0.1) is 18.2 Å². The fourth-order valence-corrected chi connectivity index (χ4v) is 2.83. The molecule has 0 saturated heterocycles. The van der Waals surface area contributed by atoms with E-state index in [9.17, 15) is 24.0 Å². The second-order valence-corrected chi connectivity index (χ2v) is 7.26. The molecule has 10 heteroatoms. The number of oxime groups is 1. The van der Waals surface area contributed by atoms with Crippen LogP contribution in [0.1, 0.15) is 42.6 Å². The lowest BCUT2D eigenvalue weighted by Crippen LogP contribution is -2.50. The molecular formula is C18H25BFN3O5. The Balaban J connectivity index is 1.85. The lowest BCUT2D eigenvalue weighted by Gasteiger charge is -2.20. The van der Waals surface area contributed by atoms with Crippen molar-refractivity contribution in [3.05, 3.63) is 35.1 Å². The third-order valence-electron chi connectivity index (χ3n) is 4.33. The maximum absolute atomic E-state index is 13.3. The van der Waals surface area contributed by atoms with Crippen molar-refractivity contribution in [1.29, 1.82) is 0 Å². The molecular weight excluding hydrogens is 368 g/mol. The second kappa shape index (κ2) is 9.65. The van der Waals surface area contributed by atoms with Crippen LogP contribution >= 0.6 is 0 Å². The van der Waals surface area contributed by atoms with Crippen molar-refractivity contribution in [2.45, 2.75) is 45.7 Å². The molecule has 2 amide bonds. The average molecular weight is 393 g/mol. The third kappa shape index (κ3) is 6.03. The number of carbonyl (C=O) groups excluding carboxylic acids is 2. The highest BCUT2D eigenvalue weighted by Crippen LogP contribution is 2.14. The van der Waals surface area contributed by atoms with Gasteiger partial charge in [-0.3, -0.25) is 9.59 Å². The van der Waals surface area contributed by atoms with Crippen molar-refractivity contribution in [2.75, 3.05) is 6.54 Å². The fraction of sp³-hybridized carbons (Fsp3) is 0.500. The first-order valence-corrected chi connectivity index (χ1v) is 9.09. The van der Waals surface area contributed by atoms with Crippen molar-refractivity contribution in [2.24, 2.45) is 11.1 Å². The minimum Gasteiger partial charge on any atom is -0.426 e. The van der Waals surface area contributed by atoms with Crippen LogP contribution in [0, 0.1) is 18.7 Å². The van der Waals surface area contributed by atoms with E-state index in [1.807, 2.05) is 13.8 Å². The number of aryl methyl sites for hydroxylation is 1. The molecule has 0 saturated carbocycles. The zero-order valence-electron chi connectivity index (χ0n) is 16.1. The van der Waals surface area contributed by atoms with Crippen LogP contribution in [-0.2, 0) is 9.63 Å². The van der Waals surface area contributed by atoms with E-state index < -0.39 is 36.8 Å². The first-order valence-electron chi connectivity index (χ1n) is 9.09. The molecule has 8 nitrogen and oxygen atoms in total. The van der Waals surface area contributed by atoms with Crippen molar-refractivity contribution >= 4 is 24.6 Å². The highest BCUT2D eigenvalue weighted by molar-refractivity contribution is 6.43. The van der Waals surface area contributed by atoms with Gasteiger partial charge in [0.1, 0.15) is 5.82 Å². The fourth-order valence-electron chi connectivity index (χ4n) is 2.83. The van der Waals surface area contributed by atoms with Gasteiger partial charge in [-0.2, -0.15) is 0 Å². The smallest absolute Gasteiger partial charge is 0.426 e. The Morgan fingerprint density at radius 1 is 1.39 bits per heavy atom. The summed E-state index contributed by atoms with van der Waals surface area (Å²) in [5.74, 6) is -2.12. The molecule has 1 heterocycles. The van der Waals surface area contributed by atoms with Crippen LogP contribution < -0.4 is 10.6 Å². The van der Waals surface area contributed by atoms with Gasteiger partial charge in [-0.25, -0.2) is 4.39 Å². The monoisotopic (exact) mass is 393 g/mol. The summed E-state index contributed by atoms with van der Waals surface area (Å²) < 4.78 is 13.3. The molecule has 4 N–H and O–H groups in total. The van der Waals surface area contributed by atoms with Crippen LogP contribution in [0.25, 0.3) is 0 Å². The molecule has 1 aliphatic heterocycles. The average Bonchev–Trinajstić information content (AvgIpc) is 3.09. The van der Waals surface area contributed by atoms with Crippen LogP contribution in [-0.4, -0.2) is 53.3 Å². The minimum absolute atomic E-state index is 0.0522. The summed E-state index contributed by atoms with van der Waals surface area (Å²) in [7, 11) is -1.68. The number of hydrogen-bond donors (Lipinski definition) is 4. The van der Waals surface area contributed by atoms with E-state index >= 15 is 0 Å². The summed E-state index contributed by atoms with van der Waals surface area (Å²) in [6.07, 6.45) is -0.354. The predicted molar refractivity (Wildman–Crippen MR) is 102 cm³/mol. The van der Waals surface area contributed by atoms with Gasteiger partial charge in [0.25, 0.3) is 11.8 Å². The molecule has 0 spiro atoms. The summed E-state index contributed by atoms with van der Waals surface area (Å²) in [6, 6.07) is 3.95. The highest BCUT2D eigenvalue weighted by Gasteiger charge is 2.33. The zero-order chi connectivity index (χ0) is 20.8. The number of amides is 2. The number of halogens is 1. The van der Waals surface area contributed by atoms with Crippen LogP contribution in [0.4, 0.5) is 4.39 Å². The van der Waals surface area contributed by atoms with Gasteiger partial charge in [-0.05, 0) is 37.0 Å². The van der Waals surface area contributed by atoms with Crippen LogP contribution in [0.5, 0.6) is 0 Å². The first kappa shape index (κ1) is 21.8. The van der Waals surface area contributed by atoms with Crippen molar-refractivity contribution < 1.29 is 28.9 Å². The van der Waals surface area contributed by atoms with E-state index in [0.717, 1.165) is 6.07 Å². The lowest BCUT2D eigenvalue weighted by atomic mass is 9.75. The van der Waals surface area contributed by atoms with Crippen molar-refractivity contribution in [1.82, 2.24) is 10.6 Å². The van der Waals surface area contributed by atoms with Gasteiger partial charge in [0.2, 0.25) is 6.10 Å². The third-order valence-corrected chi connectivity index (χ3v) is 4.33. The number of carbonyl (C=O) groups is 2. The number of benzene rings is 1. The van der Waals surface area contributed by atoms with E-state index in [4.69, 9.17) is 4.84 Å². The summed E-state index contributed by atoms with van der Waals surface area (Å²) in [4.78, 5) is 29.6. The second-order valence-electron chi connectivity index (χ2n) is 7.26. The highest BCUT2D eigenvalue weighted by atomic mass is 19.1. The number of hydrogen-bond acceptors (Lipinski definition) is 6. The summed E-state index contributed by atoms with van der Waals surface area (Å²) >= 11 is 0. The molecule has 28 heavy (non-hydrogen) atoms. The molecule has 0 fully saturated rings. The normalized spacial score (nSPS) is 17.0. The van der Waals surface area contributed by atoms with E-state index in [1.54, 1.807) is 6.92 Å². The van der Waals surface area contributed by atoms with E-state index in [-0.39, 0.29) is 24.4 Å². The lowest BCUT2D eigenvalue weighted by molar-refractivity contribution is -0.131. The van der Waals surface area contributed by atoms with Gasteiger partial charge in [0, 0.05) is 12.0 Å². The van der Waals surface area contributed by atoms with E-state index in [0.29, 0.717) is 17.7 Å². The number of nitrogens with zero attached hydrogens (tertiary/aromatic N) is 1. The van der Waals surface area contributed by atoms with E-state index in [1.165, 1.54) is 12.1 Å². The molecule has 1 aliphatic rings. The molecule has 1 aromatic rings. The summed E-state index contributed by atoms with van der Waals surface area (Å²) in [5.41, 5.74) is 1.31. The zero-order valence-corrected chi connectivity index (χ0v) is 16.1. The van der Waals surface area contributed by atoms with Gasteiger partial charge in [-0.15, -0.1) is 0 Å². The quantitative estimate of drug-likeness (QED) is 0.481. The SMILES string of the molecule is Cc1ccc(F)cc1C(=O)NCC1=NOC(C(=O)NC(CC(C)C)B(O)O)C1. The Morgan fingerprint density at radius 3 is 2.75 bits per heavy atom. The van der Waals surface area contributed by atoms with Crippen molar-refractivity contribution in [3.8, 4) is 0 Å². The summed E-state index contributed by atoms with van der Waals surface area (Å²) in [5, 5.41) is 27.8. The van der Waals surface area contributed by atoms with Crippen LogP contribution in [0.15, 0.2) is 23.4 Å². The number of rotatable bonds is 8. The molecule has 0 bridgehead atoms. The van der Waals surface area contributed by atoms with Crippen molar-refractivity contribution in [3.63, 3.8) is 0 Å². The molecule has 2 rings (SSSR count). The Morgan fingerprint density at radius 2 is 2.11 bits per heavy atom. The molecule has 0 aromatic heterocycles. The molecule has 152 valence electrons. The van der Waals surface area contributed by atoms with Gasteiger partial charge in [0.15, 0.2) is 0 Å². The van der Waals surface area contributed by atoms with E-state index in [2.05, 4.69) is 15.8 Å². The molecule has 0 radical (unpaired) electrons. The largest absolute Gasteiger partial charge is 0.475 e. The minimum atomic E-state index is -1.68. The first-order chi connectivity index (χ1) is 13.2. The van der Waals surface area contributed by atoms with Crippen LogP contribution in [0.2, 0.25) is 0 Å². The maximum Gasteiger partial charge on any atom is 0.475 e. The van der Waals surface area contributed by atoms with Gasteiger partial charge >= 0.3 is 7.12 Å². The molecule has 2 unspecified atom stereocenters. The Labute approximate surface area is 163 Å². The maximum atomic E-state index is 13.3. The molecule has 1 aromatic carbocycles. The molecule has 0 aliphatic carbocycles. The topological polar surface area (TPSA) is 120 Å². The Bertz CT molecular complexity index is 757.